The molecule has 0 saturated carbocycles. The Kier molecular flexibility index (Phi) is 8.65. The average Bonchev–Trinajstić information content (AvgIpc) is 3.56. The van der Waals surface area contributed by atoms with E-state index in [-0.39, 0.29) is 46.1 Å². The number of aryl methyl sites for hydroxylation is 1. The van der Waals surface area contributed by atoms with Crippen molar-refractivity contribution in [1.82, 2.24) is 24.8 Å². The van der Waals surface area contributed by atoms with Crippen LogP contribution in [0, 0.1) is 5.41 Å². The van der Waals surface area contributed by atoms with Gasteiger partial charge in [-0.05, 0) is 32.9 Å². The zero-order valence-corrected chi connectivity index (χ0v) is 25.5. The third-order valence-corrected chi connectivity index (χ3v) is 6.98. The van der Waals surface area contributed by atoms with E-state index < -0.39 is 29.5 Å². The number of carbonyl (C=O) groups is 1. The van der Waals surface area contributed by atoms with Crippen molar-refractivity contribution >= 4 is 52.9 Å². The molecule has 2 aliphatic rings. The largest absolute Gasteiger partial charge is 0.488 e. The SMILES string of the molecule is Cn1c(Nc2cc(O[C@@H]3CCN(C(=O)OC(C)(C)C)C3)cc(C(F)(F)F)c2)nc2ncc(O/C(C=N)=C3\C=NC=CN3)c(Cl)c21. The van der Waals surface area contributed by atoms with Crippen LogP contribution in [0.3, 0.4) is 0 Å². The molecule has 2 aliphatic heterocycles. The van der Waals surface area contributed by atoms with Crippen LogP contribution < -0.4 is 20.1 Å². The minimum atomic E-state index is -4.66. The van der Waals surface area contributed by atoms with Crippen molar-refractivity contribution < 1.29 is 32.2 Å². The van der Waals surface area contributed by atoms with Gasteiger partial charge in [0, 0.05) is 44.2 Å². The Hall–Kier alpha value is -4.79. The summed E-state index contributed by atoms with van der Waals surface area (Å²) in [4.78, 5) is 26.6. The van der Waals surface area contributed by atoms with Crippen molar-refractivity contribution in [2.45, 2.75) is 45.1 Å². The van der Waals surface area contributed by atoms with Crippen molar-refractivity contribution in [2.24, 2.45) is 12.0 Å². The third kappa shape index (κ3) is 7.30. The summed E-state index contributed by atoms with van der Waals surface area (Å²) in [6.07, 6.45) is 1.62. The second-order valence-corrected chi connectivity index (χ2v) is 11.6. The van der Waals surface area contributed by atoms with Crippen LogP contribution in [0.4, 0.5) is 29.6 Å². The minimum Gasteiger partial charge on any atom is -0.488 e. The number of ether oxygens (including phenoxy) is 3. The molecule has 0 aliphatic carbocycles. The molecule has 12 nitrogen and oxygen atoms in total. The van der Waals surface area contributed by atoms with Gasteiger partial charge in [-0.2, -0.15) is 18.2 Å². The molecule has 16 heteroatoms. The smallest absolute Gasteiger partial charge is 0.416 e. The maximum absolute atomic E-state index is 13.9. The van der Waals surface area contributed by atoms with Crippen molar-refractivity contribution in [2.75, 3.05) is 18.4 Å². The van der Waals surface area contributed by atoms with E-state index in [9.17, 15) is 18.0 Å². The highest BCUT2D eigenvalue weighted by Gasteiger charge is 2.34. The summed E-state index contributed by atoms with van der Waals surface area (Å²) < 4.78 is 60.3. The van der Waals surface area contributed by atoms with Crippen LogP contribution in [0.15, 0.2) is 53.2 Å². The fourth-order valence-electron chi connectivity index (χ4n) is 4.58. The number of anilines is 2. The van der Waals surface area contributed by atoms with Gasteiger partial charge >= 0.3 is 12.3 Å². The number of hydrogen-bond acceptors (Lipinski definition) is 10. The fourth-order valence-corrected chi connectivity index (χ4v) is 4.88. The Morgan fingerprint density at radius 1 is 1.24 bits per heavy atom. The quantitative estimate of drug-likeness (QED) is 0.205. The van der Waals surface area contributed by atoms with Gasteiger partial charge in [0.1, 0.15) is 33.7 Å². The molecular formula is C29H30ClF3N8O4. The van der Waals surface area contributed by atoms with Crippen LogP contribution in [-0.2, 0) is 18.0 Å². The summed E-state index contributed by atoms with van der Waals surface area (Å²) in [5.41, 5.74) is -0.584. The number of carbonyl (C=O) groups excluding carboxylic acids is 1. The van der Waals surface area contributed by atoms with Crippen LogP contribution in [0.25, 0.3) is 11.2 Å². The number of alkyl halides is 3. The first kappa shape index (κ1) is 31.6. The van der Waals surface area contributed by atoms with Gasteiger partial charge in [-0.3, -0.25) is 4.99 Å². The Morgan fingerprint density at radius 2 is 2.02 bits per heavy atom. The Bertz CT molecular complexity index is 1730. The molecule has 238 valence electrons. The number of fused-ring (bicyclic) bond motifs is 1. The highest BCUT2D eigenvalue weighted by atomic mass is 35.5. The second-order valence-electron chi connectivity index (χ2n) is 11.2. The summed E-state index contributed by atoms with van der Waals surface area (Å²) in [7, 11) is 1.61. The van der Waals surface area contributed by atoms with Crippen LogP contribution >= 0.6 is 11.6 Å². The lowest BCUT2D eigenvalue weighted by atomic mass is 10.1. The van der Waals surface area contributed by atoms with Crippen LogP contribution in [0.2, 0.25) is 5.02 Å². The number of nitrogens with one attached hydrogen (secondary N) is 3. The normalized spacial score (nSPS) is 17.7. The zero-order chi connectivity index (χ0) is 32.5. The molecule has 45 heavy (non-hydrogen) atoms. The summed E-state index contributed by atoms with van der Waals surface area (Å²) >= 11 is 6.65. The summed E-state index contributed by atoms with van der Waals surface area (Å²) in [6, 6.07) is 3.27. The van der Waals surface area contributed by atoms with Gasteiger partial charge in [0.05, 0.1) is 30.7 Å². The summed E-state index contributed by atoms with van der Waals surface area (Å²) in [5, 5.41) is 13.7. The number of halogens is 4. The number of hydrogen-bond donors (Lipinski definition) is 3. The maximum atomic E-state index is 13.9. The lowest BCUT2D eigenvalue weighted by Gasteiger charge is -2.24. The molecule has 3 aromatic rings. The number of nitrogens with zero attached hydrogens (tertiary/aromatic N) is 5. The Labute approximate surface area is 261 Å². The topological polar surface area (TPSA) is 139 Å². The second kappa shape index (κ2) is 12.3. The first-order valence-corrected chi connectivity index (χ1v) is 14.1. The molecule has 1 fully saturated rings. The predicted octanol–water partition coefficient (Wildman–Crippen LogP) is 6.16. The Morgan fingerprint density at radius 3 is 2.69 bits per heavy atom. The van der Waals surface area contributed by atoms with E-state index in [1.165, 1.54) is 34.1 Å². The van der Waals surface area contributed by atoms with Crippen molar-refractivity contribution in [3.8, 4) is 11.5 Å². The highest BCUT2D eigenvalue weighted by Crippen LogP contribution is 2.37. The fraction of sp³-hybridized carbons (Fsp3) is 0.345. The van der Waals surface area contributed by atoms with E-state index in [4.69, 9.17) is 31.2 Å². The molecule has 1 aromatic carbocycles. The summed E-state index contributed by atoms with van der Waals surface area (Å²) in [6.45, 7) is 5.78. The molecular weight excluding hydrogens is 617 g/mol. The zero-order valence-electron chi connectivity index (χ0n) is 24.7. The molecule has 1 amide bonds. The lowest BCUT2D eigenvalue weighted by molar-refractivity contribution is -0.137. The van der Waals surface area contributed by atoms with Crippen LogP contribution in [0.1, 0.15) is 32.8 Å². The van der Waals surface area contributed by atoms with Crippen LogP contribution in [0.5, 0.6) is 11.5 Å². The number of aliphatic imine (C=N–C) groups is 1. The minimum absolute atomic E-state index is 0.0316. The van der Waals surface area contributed by atoms with E-state index >= 15 is 0 Å². The van der Waals surface area contributed by atoms with Gasteiger partial charge in [0.2, 0.25) is 5.95 Å². The number of likely N-dealkylation sites (tertiary alicyclic amines) is 1. The average molecular weight is 647 g/mol. The number of amides is 1. The van der Waals surface area contributed by atoms with Crippen molar-refractivity contribution in [3.05, 3.63) is 58.8 Å². The van der Waals surface area contributed by atoms with Gasteiger partial charge < -0.3 is 39.7 Å². The van der Waals surface area contributed by atoms with E-state index in [0.717, 1.165) is 18.3 Å². The summed E-state index contributed by atoms with van der Waals surface area (Å²) in [5.74, 6) is 0.368. The van der Waals surface area contributed by atoms with Crippen LogP contribution in [-0.4, -0.2) is 62.8 Å². The first-order chi connectivity index (χ1) is 21.2. The number of rotatable bonds is 7. The van der Waals surface area contributed by atoms with Crippen molar-refractivity contribution in [3.63, 3.8) is 0 Å². The number of pyridine rings is 1. The van der Waals surface area contributed by atoms with E-state index in [1.54, 1.807) is 34.0 Å². The number of allylic oxidation sites excluding steroid dienone is 2. The molecule has 0 spiro atoms. The molecule has 2 aromatic heterocycles. The van der Waals surface area contributed by atoms with Gasteiger partial charge in [0.15, 0.2) is 17.2 Å². The first-order valence-electron chi connectivity index (χ1n) is 13.7. The van der Waals surface area contributed by atoms with E-state index in [0.29, 0.717) is 24.2 Å². The molecule has 4 heterocycles. The third-order valence-electron chi connectivity index (χ3n) is 6.61. The van der Waals surface area contributed by atoms with Crippen molar-refractivity contribution in [1.29, 1.82) is 5.41 Å². The number of aromatic nitrogens is 3. The maximum Gasteiger partial charge on any atom is 0.416 e. The standard InChI is InChI=1S/C29H30ClF3N8O4/c1-28(2,3)45-27(42)41-8-5-18(15-41)43-19-10-16(29(31,32)33)9-17(11-19)38-26-39-25-24(40(26)4)23(30)22(14-37-25)44-21(12-34)20-13-35-6-7-36-20/h6-7,9-14,18,34,36H,5,8,15H2,1-4H3,(H,37,38,39)/b21-20+,34-12?/t18-/m1/s1. The molecule has 0 unspecified atom stereocenters. The van der Waals surface area contributed by atoms with Gasteiger partial charge in [-0.1, -0.05) is 11.6 Å². The van der Waals surface area contributed by atoms with E-state index in [2.05, 4.69) is 25.6 Å². The molecule has 5 rings (SSSR count). The van der Waals surface area contributed by atoms with Gasteiger partial charge in [0.25, 0.3) is 0 Å². The Balaban J connectivity index is 1.39. The molecule has 1 saturated heterocycles. The lowest BCUT2D eigenvalue weighted by Crippen LogP contribution is -2.36. The molecule has 0 bridgehead atoms. The molecule has 3 N–H and O–H groups in total. The number of imidazole rings is 1. The van der Waals surface area contributed by atoms with Gasteiger partial charge in [-0.25, -0.2) is 9.78 Å². The monoisotopic (exact) mass is 646 g/mol. The highest BCUT2D eigenvalue weighted by molar-refractivity contribution is 6.36. The number of benzene rings is 1. The molecule has 1 atom stereocenters. The van der Waals surface area contributed by atoms with Gasteiger partial charge in [-0.15, -0.1) is 0 Å². The predicted molar refractivity (Wildman–Crippen MR) is 162 cm³/mol. The van der Waals surface area contributed by atoms with E-state index in [1.807, 2.05) is 0 Å². The molecule has 0 radical (unpaired) electrons.